The lowest BCUT2D eigenvalue weighted by Crippen LogP contribution is -2.06. The maximum absolute atomic E-state index is 3.83. The molecular weight excluding hydrogens is 156 g/mol. The van der Waals surface area contributed by atoms with E-state index in [4.69, 9.17) is 0 Å². The minimum atomic E-state index is 0.684. The summed E-state index contributed by atoms with van der Waals surface area (Å²) in [6.45, 7) is 13.1. The smallest absolute Gasteiger partial charge is 0.0262 e. The van der Waals surface area contributed by atoms with Crippen molar-refractivity contribution in [2.75, 3.05) is 0 Å². The molecule has 13 heavy (non-hydrogen) atoms. The van der Waals surface area contributed by atoms with Crippen LogP contribution in [0.25, 0.3) is 0 Å². The Balaban J connectivity index is 3.60. The molecule has 0 heterocycles. The molecule has 0 spiro atoms. The van der Waals surface area contributed by atoms with Gasteiger partial charge in [0.05, 0.1) is 0 Å². The Morgan fingerprint density at radius 3 is 2.15 bits per heavy atom. The number of allylic oxidation sites excluding steroid dienone is 1. The molecule has 0 unspecified atom stereocenters. The molecule has 0 saturated heterocycles. The van der Waals surface area contributed by atoms with Gasteiger partial charge in [-0.25, -0.2) is 0 Å². The summed E-state index contributed by atoms with van der Waals surface area (Å²) in [5.74, 6) is 2.44. The summed E-state index contributed by atoms with van der Waals surface area (Å²) in [7, 11) is 0. The number of hydrogen-bond acceptors (Lipinski definition) is 0. The first-order chi connectivity index (χ1) is 6.10. The zero-order chi connectivity index (χ0) is 10.3. The highest BCUT2D eigenvalue weighted by Crippen LogP contribution is 2.22. The van der Waals surface area contributed by atoms with Crippen molar-refractivity contribution in [3.8, 4) is 0 Å². The highest BCUT2D eigenvalue weighted by molar-refractivity contribution is 4.76. The van der Waals surface area contributed by atoms with E-state index < -0.39 is 0 Å². The van der Waals surface area contributed by atoms with Crippen LogP contribution in [0.1, 0.15) is 53.4 Å². The summed E-state index contributed by atoms with van der Waals surface area (Å²) < 4.78 is 0. The van der Waals surface area contributed by atoms with Gasteiger partial charge in [0.1, 0.15) is 0 Å². The minimum absolute atomic E-state index is 0.684. The molecule has 0 rings (SSSR count). The predicted molar refractivity (Wildman–Crippen MR) is 61.8 cm³/mol. The van der Waals surface area contributed by atoms with Crippen LogP contribution in [0.2, 0.25) is 0 Å². The molecule has 0 saturated carbocycles. The predicted octanol–water partition coefficient (Wildman–Crippen LogP) is 4.66. The van der Waals surface area contributed by atoms with Crippen molar-refractivity contribution in [3.63, 3.8) is 0 Å². The molecule has 0 N–H and O–H groups in total. The van der Waals surface area contributed by atoms with E-state index in [-0.39, 0.29) is 0 Å². The van der Waals surface area contributed by atoms with Gasteiger partial charge in [0, 0.05) is 0 Å². The molecule has 0 aliphatic rings. The fraction of sp³-hybridized carbons (Fsp3) is 0.846. The van der Waals surface area contributed by atoms with Crippen LogP contribution in [-0.2, 0) is 0 Å². The number of hydrogen-bond donors (Lipinski definition) is 0. The summed E-state index contributed by atoms with van der Waals surface area (Å²) in [6.07, 6.45) is 7.46. The SMILES string of the molecule is C=C[C@@H](C)C[C@@H](C)C[C@@H](C)CCC. The lowest BCUT2D eigenvalue weighted by Gasteiger charge is -2.18. The largest absolute Gasteiger partial charge is 0.103 e. The Labute approximate surface area is 84.4 Å². The molecule has 0 aromatic rings. The summed E-state index contributed by atoms with van der Waals surface area (Å²) in [5, 5.41) is 0. The Morgan fingerprint density at radius 1 is 1.08 bits per heavy atom. The van der Waals surface area contributed by atoms with Crippen molar-refractivity contribution in [2.45, 2.75) is 53.4 Å². The average molecular weight is 182 g/mol. The summed E-state index contributed by atoms with van der Waals surface area (Å²) in [6, 6.07) is 0. The molecule has 0 aromatic heterocycles. The van der Waals surface area contributed by atoms with E-state index in [0.717, 1.165) is 11.8 Å². The fourth-order valence-corrected chi connectivity index (χ4v) is 2.12. The zero-order valence-electron chi connectivity index (χ0n) is 9.84. The molecule has 3 atom stereocenters. The monoisotopic (exact) mass is 182 g/mol. The third-order valence-electron chi connectivity index (χ3n) is 2.76. The fourth-order valence-electron chi connectivity index (χ4n) is 2.12. The molecular formula is C13H26. The van der Waals surface area contributed by atoms with Gasteiger partial charge in [0.2, 0.25) is 0 Å². The molecule has 0 radical (unpaired) electrons. The Kier molecular flexibility index (Phi) is 7.03. The van der Waals surface area contributed by atoms with E-state index in [1.165, 1.54) is 25.7 Å². The molecule has 78 valence electrons. The van der Waals surface area contributed by atoms with Crippen molar-refractivity contribution < 1.29 is 0 Å². The summed E-state index contributed by atoms with van der Waals surface area (Å²) in [4.78, 5) is 0. The van der Waals surface area contributed by atoms with Gasteiger partial charge in [-0.05, 0) is 30.6 Å². The summed E-state index contributed by atoms with van der Waals surface area (Å²) >= 11 is 0. The first-order valence-electron chi connectivity index (χ1n) is 5.72. The van der Waals surface area contributed by atoms with E-state index in [1.54, 1.807) is 0 Å². The lowest BCUT2D eigenvalue weighted by atomic mass is 9.88. The molecule has 0 aromatic carbocycles. The van der Waals surface area contributed by atoms with Crippen molar-refractivity contribution in [1.82, 2.24) is 0 Å². The maximum atomic E-state index is 3.83. The van der Waals surface area contributed by atoms with Crippen LogP contribution in [0.4, 0.5) is 0 Å². The van der Waals surface area contributed by atoms with Crippen LogP contribution in [-0.4, -0.2) is 0 Å². The third kappa shape index (κ3) is 6.86. The van der Waals surface area contributed by atoms with Gasteiger partial charge in [-0.2, -0.15) is 0 Å². The topological polar surface area (TPSA) is 0 Å². The molecule has 0 amide bonds. The van der Waals surface area contributed by atoms with Gasteiger partial charge in [-0.15, -0.1) is 6.58 Å². The van der Waals surface area contributed by atoms with Crippen molar-refractivity contribution in [1.29, 1.82) is 0 Å². The molecule has 0 aliphatic heterocycles. The molecule has 0 nitrogen and oxygen atoms in total. The average Bonchev–Trinajstić information content (AvgIpc) is 2.04. The van der Waals surface area contributed by atoms with Crippen LogP contribution in [0.5, 0.6) is 0 Å². The van der Waals surface area contributed by atoms with Crippen molar-refractivity contribution in [3.05, 3.63) is 12.7 Å². The Bertz CT molecular complexity index is 126. The Morgan fingerprint density at radius 2 is 1.69 bits per heavy atom. The highest BCUT2D eigenvalue weighted by atomic mass is 14.2. The van der Waals surface area contributed by atoms with E-state index in [2.05, 4.69) is 40.3 Å². The van der Waals surface area contributed by atoms with Gasteiger partial charge in [0.25, 0.3) is 0 Å². The summed E-state index contributed by atoms with van der Waals surface area (Å²) in [5.41, 5.74) is 0. The van der Waals surface area contributed by atoms with Gasteiger partial charge < -0.3 is 0 Å². The van der Waals surface area contributed by atoms with Gasteiger partial charge in [-0.3, -0.25) is 0 Å². The van der Waals surface area contributed by atoms with E-state index in [1.807, 2.05) is 0 Å². The van der Waals surface area contributed by atoms with Crippen molar-refractivity contribution >= 4 is 0 Å². The third-order valence-corrected chi connectivity index (χ3v) is 2.76. The first-order valence-corrected chi connectivity index (χ1v) is 5.72. The molecule has 0 fully saturated rings. The molecule has 0 bridgehead atoms. The van der Waals surface area contributed by atoms with Crippen LogP contribution < -0.4 is 0 Å². The normalized spacial score (nSPS) is 17.8. The molecule has 0 heteroatoms. The second-order valence-electron chi connectivity index (χ2n) is 4.68. The minimum Gasteiger partial charge on any atom is -0.103 e. The lowest BCUT2D eigenvalue weighted by molar-refractivity contribution is 0.353. The van der Waals surface area contributed by atoms with Gasteiger partial charge in [0.15, 0.2) is 0 Å². The standard InChI is InChI=1S/C13H26/c1-6-8-12(4)10-13(5)9-11(3)7-2/h7,11-13H,2,6,8-10H2,1,3-5H3/t11-,12+,13-/m1/s1. The van der Waals surface area contributed by atoms with Crippen LogP contribution in [0.3, 0.4) is 0 Å². The van der Waals surface area contributed by atoms with E-state index >= 15 is 0 Å². The van der Waals surface area contributed by atoms with Gasteiger partial charge in [-0.1, -0.05) is 46.6 Å². The van der Waals surface area contributed by atoms with Crippen LogP contribution in [0.15, 0.2) is 12.7 Å². The highest BCUT2D eigenvalue weighted by Gasteiger charge is 2.09. The van der Waals surface area contributed by atoms with Crippen LogP contribution >= 0.6 is 0 Å². The second-order valence-corrected chi connectivity index (χ2v) is 4.68. The van der Waals surface area contributed by atoms with E-state index in [0.29, 0.717) is 5.92 Å². The first kappa shape index (κ1) is 12.7. The quantitative estimate of drug-likeness (QED) is 0.502. The van der Waals surface area contributed by atoms with Crippen LogP contribution in [0, 0.1) is 17.8 Å². The zero-order valence-corrected chi connectivity index (χ0v) is 9.84. The number of rotatable bonds is 7. The maximum Gasteiger partial charge on any atom is -0.0262 e. The molecule has 0 aliphatic carbocycles. The Hall–Kier alpha value is -0.260. The van der Waals surface area contributed by atoms with Gasteiger partial charge >= 0.3 is 0 Å². The second kappa shape index (κ2) is 7.17. The van der Waals surface area contributed by atoms with E-state index in [9.17, 15) is 0 Å². The van der Waals surface area contributed by atoms with Crippen molar-refractivity contribution in [2.24, 2.45) is 17.8 Å².